The van der Waals surface area contributed by atoms with E-state index in [2.05, 4.69) is 27.7 Å². The first-order valence-corrected chi connectivity index (χ1v) is 9.51. The molecule has 10 heteroatoms. The van der Waals surface area contributed by atoms with E-state index in [4.69, 9.17) is 4.74 Å². The molecular formula is C19H24N6O4. The summed E-state index contributed by atoms with van der Waals surface area (Å²) in [5, 5.41) is 11.8. The first-order valence-electron chi connectivity index (χ1n) is 9.51. The number of nitrogens with zero attached hydrogens (tertiary/aromatic N) is 4. The third-order valence-electron chi connectivity index (χ3n) is 5.00. The number of hydrazine groups is 1. The standard InChI is InChI=1S/C19H24N6O4/c1-3-14-6-4-5-11-24(14)18-16(25(27)28)17(20-12-21-18)22-23-19(26)13-7-9-15(29-2)10-8-13/h7-10,12,14H,3-6,11H2,1-2H3,(H,23,26)(H,20,21,22). The van der Waals surface area contributed by atoms with Gasteiger partial charge in [0.05, 0.1) is 12.0 Å². The highest BCUT2D eigenvalue weighted by molar-refractivity contribution is 5.95. The molecule has 1 unspecified atom stereocenters. The average molecular weight is 400 g/mol. The number of nitro groups is 1. The number of carbonyl (C=O) groups is 1. The molecule has 1 aromatic heterocycles. The maximum absolute atomic E-state index is 12.3. The summed E-state index contributed by atoms with van der Waals surface area (Å²) < 4.78 is 5.07. The molecule has 1 atom stereocenters. The Kier molecular flexibility index (Phi) is 6.43. The van der Waals surface area contributed by atoms with Crippen LogP contribution in [0.1, 0.15) is 43.0 Å². The summed E-state index contributed by atoms with van der Waals surface area (Å²) in [4.78, 5) is 33.8. The van der Waals surface area contributed by atoms with Crippen molar-refractivity contribution in [1.82, 2.24) is 15.4 Å². The smallest absolute Gasteiger partial charge is 0.355 e. The predicted molar refractivity (Wildman–Crippen MR) is 108 cm³/mol. The molecule has 29 heavy (non-hydrogen) atoms. The summed E-state index contributed by atoms with van der Waals surface area (Å²) in [6, 6.07) is 6.69. The van der Waals surface area contributed by atoms with Crippen molar-refractivity contribution in [3.05, 3.63) is 46.3 Å². The van der Waals surface area contributed by atoms with E-state index < -0.39 is 10.8 Å². The lowest BCUT2D eigenvalue weighted by molar-refractivity contribution is -0.383. The first kappa shape index (κ1) is 20.3. The van der Waals surface area contributed by atoms with Crippen LogP contribution in [0.3, 0.4) is 0 Å². The fraction of sp³-hybridized carbons (Fsp3) is 0.421. The van der Waals surface area contributed by atoms with Crippen LogP contribution < -0.4 is 20.5 Å². The van der Waals surface area contributed by atoms with E-state index in [9.17, 15) is 14.9 Å². The lowest BCUT2D eigenvalue weighted by Gasteiger charge is -2.35. The third-order valence-corrected chi connectivity index (χ3v) is 5.00. The summed E-state index contributed by atoms with van der Waals surface area (Å²) >= 11 is 0. The number of rotatable bonds is 7. The molecule has 154 valence electrons. The summed E-state index contributed by atoms with van der Waals surface area (Å²) in [7, 11) is 1.54. The minimum atomic E-state index is -0.515. The molecule has 3 rings (SSSR count). The Morgan fingerprint density at radius 2 is 2.07 bits per heavy atom. The Bertz CT molecular complexity index is 874. The van der Waals surface area contributed by atoms with Gasteiger partial charge in [-0.1, -0.05) is 6.92 Å². The van der Waals surface area contributed by atoms with Crippen LogP contribution in [0.15, 0.2) is 30.6 Å². The Labute approximate surface area is 168 Å². The van der Waals surface area contributed by atoms with E-state index in [0.717, 1.165) is 25.7 Å². The van der Waals surface area contributed by atoms with Crippen molar-refractivity contribution in [3.63, 3.8) is 0 Å². The largest absolute Gasteiger partial charge is 0.497 e. The third kappa shape index (κ3) is 4.53. The summed E-state index contributed by atoms with van der Waals surface area (Å²) in [6.45, 7) is 2.76. The number of hydrogen-bond acceptors (Lipinski definition) is 8. The van der Waals surface area contributed by atoms with E-state index in [1.807, 2.05) is 4.90 Å². The number of benzene rings is 1. The fourth-order valence-electron chi connectivity index (χ4n) is 3.47. The molecule has 0 saturated carbocycles. The zero-order valence-corrected chi connectivity index (χ0v) is 16.4. The quantitative estimate of drug-likeness (QED) is 0.537. The second kappa shape index (κ2) is 9.18. The van der Waals surface area contributed by atoms with E-state index in [0.29, 0.717) is 17.9 Å². The minimum absolute atomic E-state index is 0.0534. The topological polar surface area (TPSA) is 123 Å². The van der Waals surface area contributed by atoms with Gasteiger partial charge in [-0.05, 0) is 49.9 Å². The van der Waals surface area contributed by atoms with Crippen molar-refractivity contribution >= 4 is 23.2 Å². The molecule has 2 heterocycles. The minimum Gasteiger partial charge on any atom is -0.497 e. The van der Waals surface area contributed by atoms with Crippen molar-refractivity contribution in [2.24, 2.45) is 0 Å². The van der Waals surface area contributed by atoms with Gasteiger partial charge in [-0.25, -0.2) is 9.97 Å². The Morgan fingerprint density at radius 1 is 1.31 bits per heavy atom. The highest BCUT2D eigenvalue weighted by Crippen LogP contribution is 2.35. The molecule has 1 aromatic carbocycles. The second-order valence-electron chi connectivity index (χ2n) is 6.71. The van der Waals surface area contributed by atoms with Crippen molar-refractivity contribution in [1.29, 1.82) is 0 Å². The lowest BCUT2D eigenvalue weighted by atomic mass is 10.00. The molecular weight excluding hydrogens is 376 g/mol. The van der Waals surface area contributed by atoms with E-state index in [1.54, 1.807) is 24.3 Å². The van der Waals surface area contributed by atoms with Gasteiger partial charge in [-0.2, -0.15) is 0 Å². The zero-order chi connectivity index (χ0) is 20.8. The number of piperidine rings is 1. The molecule has 1 aliphatic rings. The van der Waals surface area contributed by atoms with Crippen LogP contribution in [0.25, 0.3) is 0 Å². The number of anilines is 2. The SMILES string of the molecule is CCC1CCCCN1c1ncnc(NNC(=O)c2ccc(OC)cc2)c1[N+](=O)[O-]. The first-order chi connectivity index (χ1) is 14.0. The van der Waals surface area contributed by atoms with Crippen molar-refractivity contribution < 1.29 is 14.5 Å². The van der Waals surface area contributed by atoms with Crippen LogP contribution in [0.5, 0.6) is 5.75 Å². The summed E-state index contributed by atoms with van der Waals surface area (Å²) in [5.74, 6) is 0.393. The highest BCUT2D eigenvalue weighted by Gasteiger charge is 2.32. The van der Waals surface area contributed by atoms with Crippen LogP contribution in [0.4, 0.5) is 17.3 Å². The van der Waals surface area contributed by atoms with Crippen LogP contribution in [0.2, 0.25) is 0 Å². The number of amides is 1. The van der Waals surface area contributed by atoms with Gasteiger partial charge in [0.2, 0.25) is 11.6 Å². The molecule has 1 fully saturated rings. The van der Waals surface area contributed by atoms with Crippen molar-refractivity contribution in [2.75, 3.05) is 24.0 Å². The van der Waals surface area contributed by atoms with Gasteiger partial charge in [-0.3, -0.25) is 25.8 Å². The second-order valence-corrected chi connectivity index (χ2v) is 6.71. The monoisotopic (exact) mass is 400 g/mol. The lowest BCUT2D eigenvalue weighted by Crippen LogP contribution is -2.40. The number of hydrogen-bond donors (Lipinski definition) is 2. The fourth-order valence-corrected chi connectivity index (χ4v) is 3.47. The van der Waals surface area contributed by atoms with Crippen molar-refractivity contribution in [2.45, 2.75) is 38.6 Å². The van der Waals surface area contributed by atoms with E-state index in [-0.39, 0.29) is 23.4 Å². The van der Waals surface area contributed by atoms with Gasteiger partial charge >= 0.3 is 5.69 Å². The molecule has 10 nitrogen and oxygen atoms in total. The molecule has 2 aromatic rings. The molecule has 0 radical (unpaired) electrons. The molecule has 0 bridgehead atoms. The zero-order valence-electron chi connectivity index (χ0n) is 16.4. The van der Waals surface area contributed by atoms with Crippen LogP contribution in [-0.4, -0.2) is 40.5 Å². The number of ether oxygens (including phenoxy) is 1. The van der Waals surface area contributed by atoms with E-state index in [1.165, 1.54) is 13.4 Å². The Balaban J connectivity index is 1.81. The number of methoxy groups -OCH3 is 1. The molecule has 2 N–H and O–H groups in total. The van der Waals surface area contributed by atoms with Crippen LogP contribution in [0, 0.1) is 10.1 Å². The normalized spacial score (nSPS) is 16.2. The predicted octanol–water partition coefficient (Wildman–Crippen LogP) is 2.92. The Morgan fingerprint density at radius 3 is 2.72 bits per heavy atom. The van der Waals surface area contributed by atoms with Gasteiger partial charge in [0.25, 0.3) is 5.91 Å². The van der Waals surface area contributed by atoms with E-state index >= 15 is 0 Å². The van der Waals surface area contributed by atoms with Gasteiger partial charge in [0.1, 0.15) is 12.1 Å². The van der Waals surface area contributed by atoms with Crippen LogP contribution >= 0.6 is 0 Å². The van der Waals surface area contributed by atoms with Gasteiger partial charge in [-0.15, -0.1) is 0 Å². The molecule has 1 saturated heterocycles. The average Bonchev–Trinajstić information content (AvgIpc) is 2.77. The number of nitrogens with one attached hydrogen (secondary N) is 2. The molecule has 0 aliphatic carbocycles. The highest BCUT2D eigenvalue weighted by atomic mass is 16.6. The molecule has 1 aliphatic heterocycles. The Hall–Kier alpha value is -3.43. The van der Waals surface area contributed by atoms with Gasteiger partial charge in [0.15, 0.2) is 0 Å². The molecule has 1 amide bonds. The number of aromatic nitrogens is 2. The summed E-state index contributed by atoms with van der Waals surface area (Å²) in [5.41, 5.74) is 5.17. The van der Waals surface area contributed by atoms with Gasteiger partial charge < -0.3 is 9.64 Å². The maximum atomic E-state index is 12.3. The number of carbonyl (C=O) groups excluding carboxylic acids is 1. The molecule has 0 spiro atoms. The van der Waals surface area contributed by atoms with Gasteiger partial charge in [0, 0.05) is 18.2 Å². The summed E-state index contributed by atoms with van der Waals surface area (Å²) in [6.07, 6.45) is 5.16. The maximum Gasteiger partial charge on any atom is 0.355 e. The van der Waals surface area contributed by atoms with Crippen molar-refractivity contribution in [3.8, 4) is 5.75 Å². The van der Waals surface area contributed by atoms with Crippen LogP contribution in [-0.2, 0) is 0 Å².